The van der Waals surface area contributed by atoms with Crippen molar-refractivity contribution in [2.75, 3.05) is 5.32 Å². The highest BCUT2D eigenvalue weighted by Crippen LogP contribution is 2.45. The van der Waals surface area contributed by atoms with Gasteiger partial charge in [-0.1, -0.05) is 37.6 Å². The molecule has 1 aliphatic rings. The van der Waals surface area contributed by atoms with Crippen molar-refractivity contribution in [3.8, 4) is 0 Å². The minimum atomic E-state index is -4.26. The molecule has 0 saturated carbocycles. The van der Waals surface area contributed by atoms with Gasteiger partial charge in [-0.3, -0.25) is 9.35 Å². The van der Waals surface area contributed by atoms with Gasteiger partial charge in [0.15, 0.2) is 0 Å². The van der Waals surface area contributed by atoms with Gasteiger partial charge >= 0.3 is 0 Å². The highest BCUT2D eigenvalue weighted by Gasteiger charge is 2.35. The molecule has 2 aromatic carbocycles. The van der Waals surface area contributed by atoms with Crippen molar-refractivity contribution in [3.63, 3.8) is 0 Å². The number of carbonyl (C=O) groups is 1. The van der Waals surface area contributed by atoms with Crippen LogP contribution in [0.5, 0.6) is 0 Å². The Morgan fingerprint density at radius 1 is 1.29 bits per heavy atom. The van der Waals surface area contributed by atoms with Crippen LogP contribution < -0.4 is 11.1 Å². The monoisotopic (exact) mass is 422 g/mol. The van der Waals surface area contributed by atoms with Crippen molar-refractivity contribution in [1.82, 2.24) is 0 Å². The second-order valence-electron chi connectivity index (χ2n) is 7.84. The molecule has 1 amide bonds. The van der Waals surface area contributed by atoms with E-state index in [1.54, 1.807) is 12.1 Å². The first-order valence-corrected chi connectivity index (χ1v) is 10.7. The Morgan fingerprint density at radius 3 is 2.57 bits per heavy atom. The molecule has 3 rings (SSSR count). The van der Waals surface area contributed by atoms with Crippen LogP contribution in [0.2, 0.25) is 5.02 Å². The summed E-state index contributed by atoms with van der Waals surface area (Å²) in [6, 6.07) is 9.99. The highest BCUT2D eigenvalue weighted by molar-refractivity contribution is 7.86. The lowest BCUT2D eigenvalue weighted by Gasteiger charge is -2.39. The molecule has 6 nitrogen and oxygen atoms in total. The maximum absolute atomic E-state index is 12.0. The molecule has 1 aliphatic heterocycles. The first-order chi connectivity index (χ1) is 12.9. The van der Waals surface area contributed by atoms with Crippen molar-refractivity contribution in [1.29, 1.82) is 0 Å². The van der Waals surface area contributed by atoms with Gasteiger partial charge < -0.3 is 11.1 Å². The van der Waals surface area contributed by atoms with E-state index >= 15 is 0 Å². The summed E-state index contributed by atoms with van der Waals surface area (Å²) in [4.78, 5) is 12.0. The molecule has 0 bridgehead atoms. The zero-order valence-corrected chi connectivity index (χ0v) is 17.4. The Bertz CT molecular complexity index is 1050. The maximum Gasteiger partial charge on any atom is 0.271 e. The molecule has 1 heterocycles. The standard InChI is InChI=1S/C20H23ClN2O4S/c1-11(28(25,26)27)12-4-6-14(19(22)24)15(8-12)18-10-20(2,3)16-9-13(21)5-7-17(16)23-18/h4-9,11,18,23H,10H2,1-3H3,(H2,22,24)(H,25,26,27). The molecule has 0 aliphatic carbocycles. The number of amides is 1. The van der Waals surface area contributed by atoms with Crippen molar-refractivity contribution in [2.24, 2.45) is 5.73 Å². The van der Waals surface area contributed by atoms with Gasteiger partial charge in [0.1, 0.15) is 5.25 Å². The van der Waals surface area contributed by atoms with Crippen LogP contribution in [0, 0.1) is 0 Å². The Hall–Kier alpha value is -2.09. The summed E-state index contributed by atoms with van der Waals surface area (Å²) in [5.74, 6) is -0.595. The maximum atomic E-state index is 12.0. The largest absolute Gasteiger partial charge is 0.378 e. The van der Waals surface area contributed by atoms with Crippen LogP contribution in [0.15, 0.2) is 36.4 Å². The minimum absolute atomic E-state index is 0.240. The predicted octanol–water partition coefficient (Wildman–Crippen LogP) is 4.22. The van der Waals surface area contributed by atoms with E-state index in [-0.39, 0.29) is 11.5 Å². The number of carbonyl (C=O) groups excluding carboxylic acids is 1. The number of halogens is 1. The van der Waals surface area contributed by atoms with Gasteiger partial charge in [-0.05, 0) is 59.7 Å². The van der Waals surface area contributed by atoms with E-state index < -0.39 is 21.3 Å². The molecule has 8 heteroatoms. The van der Waals surface area contributed by atoms with E-state index in [9.17, 15) is 17.8 Å². The summed E-state index contributed by atoms with van der Waals surface area (Å²) in [5, 5.41) is 2.95. The third-order valence-corrected chi connectivity index (χ3v) is 6.79. The lowest BCUT2D eigenvalue weighted by molar-refractivity contribution is 0.0998. The molecule has 2 atom stereocenters. The van der Waals surface area contributed by atoms with Crippen LogP contribution >= 0.6 is 11.6 Å². The Morgan fingerprint density at radius 2 is 1.96 bits per heavy atom. The smallest absolute Gasteiger partial charge is 0.271 e. The number of hydrogen-bond donors (Lipinski definition) is 3. The van der Waals surface area contributed by atoms with Crippen molar-refractivity contribution in [3.05, 3.63) is 63.7 Å². The number of benzene rings is 2. The molecule has 2 aromatic rings. The Kier molecular flexibility index (Phi) is 5.20. The van der Waals surface area contributed by atoms with E-state index in [1.165, 1.54) is 19.1 Å². The molecule has 0 saturated heterocycles. The van der Waals surface area contributed by atoms with Gasteiger partial charge in [0.05, 0.1) is 6.04 Å². The van der Waals surface area contributed by atoms with Gasteiger partial charge in [0.25, 0.3) is 10.1 Å². The lowest BCUT2D eigenvalue weighted by Crippen LogP contribution is -2.32. The number of fused-ring (bicyclic) bond motifs is 1. The van der Waals surface area contributed by atoms with Crippen molar-refractivity contribution >= 4 is 33.3 Å². The van der Waals surface area contributed by atoms with Gasteiger partial charge in [-0.2, -0.15) is 8.42 Å². The number of nitrogens with one attached hydrogen (secondary N) is 1. The summed E-state index contributed by atoms with van der Waals surface area (Å²) in [5.41, 5.74) is 8.60. The van der Waals surface area contributed by atoms with Crippen molar-refractivity contribution < 1.29 is 17.8 Å². The highest BCUT2D eigenvalue weighted by atomic mass is 35.5. The topological polar surface area (TPSA) is 109 Å². The molecular weight excluding hydrogens is 400 g/mol. The van der Waals surface area contributed by atoms with Crippen molar-refractivity contribution in [2.45, 2.75) is 43.9 Å². The predicted molar refractivity (Wildman–Crippen MR) is 110 cm³/mol. The fraction of sp³-hybridized carbons (Fsp3) is 0.350. The molecule has 28 heavy (non-hydrogen) atoms. The average Bonchev–Trinajstić information content (AvgIpc) is 2.59. The molecule has 0 aromatic heterocycles. The number of hydrogen-bond acceptors (Lipinski definition) is 4. The first kappa shape index (κ1) is 20.6. The number of anilines is 1. The summed E-state index contributed by atoms with van der Waals surface area (Å²) in [6.07, 6.45) is 0.643. The van der Waals surface area contributed by atoms with Gasteiger partial charge in [0.2, 0.25) is 5.91 Å². The quantitative estimate of drug-likeness (QED) is 0.639. The summed E-state index contributed by atoms with van der Waals surface area (Å²) < 4.78 is 32.6. The third-order valence-electron chi connectivity index (χ3n) is 5.39. The van der Waals surface area contributed by atoms with Crippen LogP contribution in [-0.4, -0.2) is 18.9 Å². The van der Waals surface area contributed by atoms with Crippen LogP contribution in [0.4, 0.5) is 5.69 Å². The molecule has 150 valence electrons. The van der Waals surface area contributed by atoms with E-state index in [4.69, 9.17) is 17.3 Å². The molecule has 0 radical (unpaired) electrons. The molecule has 2 unspecified atom stereocenters. The Balaban J connectivity index is 2.12. The lowest BCUT2D eigenvalue weighted by atomic mass is 9.73. The molecule has 0 fully saturated rings. The van der Waals surface area contributed by atoms with E-state index in [2.05, 4.69) is 19.2 Å². The zero-order chi connectivity index (χ0) is 20.9. The van der Waals surface area contributed by atoms with Gasteiger partial charge in [-0.25, -0.2) is 0 Å². The van der Waals surface area contributed by atoms with Crippen LogP contribution in [0.3, 0.4) is 0 Å². The summed E-state index contributed by atoms with van der Waals surface area (Å²) in [7, 11) is -4.26. The SMILES string of the molecule is CC(c1ccc(C(N)=O)c(C2CC(C)(C)c3cc(Cl)ccc3N2)c1)S(=O)(=O)O. The number of rotatable bonds is 4. The Labute approximate surface area is 169 Å². The van der Waals surface area contributed by atoms with Gasteiger partial charge in [0, 0.05) is 16.3 Å². The molecular formula is C20H23ClN2O4S. The zero-order valence-electron chi connectivity index (χ0n) is 15.9. The summed E-state index contributed by atoms with van der Waals surface area (Å²) >= 11 is 6.15. The second-order valence-corrected chi connectivity index (χ2v) is 10.0. The number of primary amides is 1. The van der Waals surface area contributed by atoms with Gasteiger partial charge in [-0.15, -0.1) is 0 Å². The fourth-order valence-corrected chi connectivity index (χ4v) is 4.43. The summed E-state index contributed by atoms with van der Waals surface area (Å²) in [6.45, 7) is 5.57. The fourth-order valence-electron chi connectivity index (χ4n) is 3.77. The van der Waals surface area contributed by atoms with Crippen LogP contribution in [-0.2, 0) is 15.5 Å². The number of nitrogens with two attached hydrogens (primary N) is 1. The van der Waals surface area contributed by atoms with Crippen LogP contribution in [0.25, 0.3) is 0 Å². The molecule has 4 N–H and O–H groups in total. The minimum Gasteiger partial charge on any atom is -0.378 e. The van der Waals surface area contributed by atoms with E-state index in [0.29, 0.717) is 28.1 Å². The normalized spacial score (nSPS) is 19.4. The molecule has 0 spiro atoms. The van der Waals surface area contributed by atoms with E-state index in [1.807, 2.05) is 12.1 Å². The van der Waals surface area contributed by atoms with Crippen LogP contribution in [0.1, 0.15) is 65.5 Å². The second kappa shape index (κ2) is 7.06. The van der Waals surface area contributed by atoms with E-state index in [0.717, 1.165) is 11.3 Å². The third kappa shape index (κ3) is 3.87. The first-order valence-electron chi connectivity index (χ1n) is 8.86. The average molecular weight is 423 g/mol.